The zero-order chi connectivity index (χ0) is 13.3. The third-order valence-electron chi connectivity index (χ3n) is 2.44. The number of carbonyl (C=O) groups excluding carboxylic acids is 1. The van der Waals surface area contributed by atoms with Crippen LogP contribution in [0.15, 0.2) is 28.1 Å². The van der Waals surface area contributed by atoms with Crippen molar-refractivity contribution in [3.63, 3.8) is 0 Å². The standard InChI is InChI=1S/C12H10Cl2N2OS/c1-15-12-16(2)11(17)10(18-12)5-7-3-4-8(13)6-9(7)14/h3-6H,1-2H3/b10-5-,15-12?. The summed E-state index contributed by atoms with van der Waals surface area (Å²) in [6.07, 6.45) is 1.75. The summed E-state index contributed by atoms with van der Waals surface area (Å²) in [7, 11) is 3.35. The number of carbonyl (C=O) groups is 1. The maximum atomic E-state index is 11.9. The Balaban J connectivity index is 2.38. The van der Waals surface area contributed by atoms with E-state index in [0.717, 1.165) is 5.56 Å². The van der Waals surface area contributed by atoms with Crippen LogP contribution in [0.3, 0.4) is 0 Å². The highest BCUT2D eigenvalue weighted by Gasteiger charge is 2.29. The maximum absolute atomic E-state index is 11.9. The van der Waals surface area contributed by atoms with Gasteiger partial charge in [0.1, 0.15) is 0 Å². The van der Waals surface area contributed by atoms with Crippen LogP contribution in [0.1, 0.15) is 5.56 Å². The van der Waals surface area contributed by atoms with E-state index in [-0.39, 0.29) is 5.91 Å². The number of thioether (sulfide) groups is 1. The molecule has 0 radical (unpaired) electrons. The molecule has 0 aromatic heterocycles. The van der Waals surface area contributed by atoms with Crippen LogP contribution in [0.4, 0.5) is 0 Å². The lowest BCUT2D eigenvalue weighted by Crippen LogP contribution is -2.23. The largest absolute Gasteiger partial charge is 0.290 e. The molecule has 1 aliphatic heterocycles. The van der Waals surface area contributed by atoms with Gasteiger partial charge < -0.3 is 0 Å². The van der Waals surface area contributed by atoms with Crippen molar-refractivity contribution in [1.82, 2.24) is 4.90 Å². The summed E-state index contributed by atoms with van der Waals surface area (Å²) in [4.78, 5) is 18.1. The van der Waals surface area contributed by atoms with Crippen LogP contribution < -0.4 is 0 Å². The molecule has 2 rings (SSSR count). The van der Waals surface area contributed by atoms with Crippen molar-refractivity contribution in [2.45, 2.75) is 0 Å². The van der Waals surface area contributed by atoms with Crippen LogP contribution in [0.2, 0.25) is 10.0 Å². The second-order valence-corrected chi connectivity index (χ2v) is 5.50. The van der Waals surface area contributed by atoms with Crippen molar-refractivity contribution < 1.29 is 4.79 Å². The molecule has 1 aromatic rings. The van der Waals surface area contributed by atoms with E-state index in [4.69, 9.17) is 23.2 Å². The molecule has 18 heavy (non-hydrogen) atoms. The number of benzene rings is 1. The van der Waals surface area contributed by atoms with E-state index in [0.29, 0.717) is 20.1 Å². The smallest absolute Gasteiger partial charge is 0.266 e. The van der Waals surface area contributed by atoms with E-state index in [1.54, 1.807) is 38.4 Å². The fraction of sp³-hybridized carbons (Fsp3) is 0.167. The van der Waals surface area contributed by atoms with E-state index >= 15 is 0 Å². The first kappa shape index (κ1) is 13.5. The molecular weight excluding hydrogens is 291 g/mol. The average Bonchev–Trinajstić information content (AvgIpc) is 2.60. The maximum Gasteiger partial charge on any atom is 0.266 e. The molecule has 0 N–H and O–H groups in total. The number of amidine groups is 1. The molecule has 0 saturated carbocycles. The molecule has 0 atom stereocenters. The van der Waals surface area contributed by atoms with Gasteiger partial charge in [-0.2, -0.15) is 0 Å². The Morgan fingerprint density at radius 1 is 1.39 bits per heavy atom. The minimum Gasteiger partial charge on any atom is -0.290 e. The number of rotatable bonds is 1. The third-order valence-corrected chi connectivity index (χ3v) is 4.16. The SMILES string of the molecule is CN=C1S/C(=C\c2ccc(Cl)cc2Cl)C(=O)N1C. The highest BCUT2D eigenvalue weighted by Crippen LogP contribution is 2.33. The lowest BCUT2D eigenvalue weighted by molar-refractivity contribution is -0.121. The lowest BCUT2D eigenvalue weighted by Gasteiger charge is -2.05. The highest BCUT2D eigenvalue weighted by atomic mass is 35.5. The Hall–Kier alpha value is -0.970. The second-order valence-electron chi connectivity index (χ2n) is 3.65. The summed E-state index contributed by atoms with van der Waals surface area (Å²) >= 11 is 13.2. The first-order chi connectivity index (χ1) is 8.52. The molecular formula is C12H10Cl2N2OS. The van der Waals surface area contributed by atoms with Crippen LogP contribution in [0.25, 0.3) is 6.08 Å². The fourth-order valence-corrected chi connectivity index (χ4v) is 2.89. The molecule has 1 aliphatic rings. The first-order valence-corrected chi connectivity index (χ1v) is 6.69. The third kappa shape index (κ3) is 2.55. The molecule has 1 heterocycles. The van der Waals surface area contributed by atoms with Crippen LogP contribution in [0.5, 0.6) is 0 Å². The molecule has 1 aromatic carbocycles. The Bertz CT molecular complexity index is 569. The number of halogens is 2. The first-order valence-electron chi connectivity index (χ1n) is 5.12. The number of aliphatic imine (C=N–C) groups is 1. The van der Waals surface area contributed by atoms with Gasteiger partial charge >= 0.3 is 0 Å². The number of hydrogen-bond acceptors (Lipinski definition) is 3. The zero-order valence-corrected chi connectivity index (χ0v) is 12.1. The minimum absolute atomic E-state index is 0.0772. The van der Waals surface area contributed by atoms with E-state index < -0.39 is 0 Å². The average molecular weight is 301 g/mol. The number of amides is 1. The fourth-order valence-electron chi connectivity index (χ4n) is 1.51. The topological polar surface area (TPSA) is 32.7 Å². The van der Waals surface area contributed by atoms with Crippen LogP contribution in [0, 0.1) is 0 Å². The Morgan fingerprint density at radius 2 is 2.11 bits per heavy atom. The molecule has 0 bridgehead atoms. The molecule has 0 unspecified atom stereocenters. The van der Waals surface area contributed by atoms with Crippen molar-refractivity contribution in [2.75, 3.05) is 14.1 Å². The van der Waals surface area contributed by atoms with Crippen LogP contribution in [-0.2, 0) is 4.79 Å². The van der Waals surface area contributed by atoms with Crippen molar-refractivity contribution in [1.29, 1.82) is 0 Å². The Labute approximate surface area is 119 Å². The molecule has 94 valence electrons. The second kappa shape index (κ2) is 5.34. The van der Waals surface area contributed by atoms with Gasteiger partial charge in [-0.1, -0.05) is 29.3 Å². The quantitative estimate of drug-likeness (QED) is 0.743. The predicted octanol–water partition coefficient (Wildman–Crippen LogP) is 3.53. The molecule has 1 amide bonds. The normalized spacial score (nSPS) is 20.2. The Morgan fingerprint density at radius 3 is 2.67 bits per heavy atom. The summed E-state index contributed by atoms with van der Waals surface area (Å²) < 4.78 is 0. The van der Waals surface area contributed by atoms with Gasteiger partial charge in [-0.15, -0.1) is 0 Å². The number of hydrogen-bond donors (Lipinski definition) is 0. The Kier molecular flexibility index (Phi) is 4.00. The van der Waals surface area contributed by atoms with Crippen molar-refractivity contribution in [3.8, 4) is 0 Å². The van der Waals surface area contributed by atoms with Gasteiger partial charge in [0.05, 0.1) is 4.91 Å². The van der Waals surface area contributed by atoms with Crippen molar-refractivity contribution in [3.05, 3.63) is 38.7 Å². The van der Waals surface area contributed by atoms with Gasteiger partial charge in [-0.3, -0.25) is 14.7 Å². The van der Waals surface area contributed by atoms with Gasteiger partial charge in [-0.25, -0.2) is 0 Å². The zero-order valence-electron chi connectivity index (χ0n) is 9.78. The predicted molar refractivity (Wildman–Crippen MR) is 78.2 cm³/mol. The lowest BCUT2D eigenvalue weighted by atomic mass is 10.2. The van der Waals surface area contributed by atoms with Crippen molar-refractivity contribution in [2.24, 2.45) is 4.99 Å². The van der Waals surface area contributed by atoms with E-state index in [1.807, 2.05) is 0 Å². The van der Waals surface area contributed by atoms with Crippen molar-refractivity contribution >= 4 is 52.1 Å². The number of nitrogens with zero attached hydrogens (tertiary/aromatic N) is 2. The highest BCUT2D eigenvalue weighted by molar-refractivity contribution is 8.18. The summed E-state index contributed by atoms with van der Waals surface area (Å²) in [5.74, 6) is -0.0772. The van der Waals surface area contributed by atoms with Gasteiger partial charge in [0.25, 0.3) is 5.91 Å². The summed E-state index contributed by atoms with van der Waals surface area (Å²) in [6.45, 7) is 0. The molecule has 1 fully saturated rings. The summed E-state index contributed by atoms with van der Waals surface area (Å²) in [5.41, 5.74) is 0.766. The molecule has 1 saturated heterocycles. The van der Waals surface area contributed by atoms with Gasteiger partial charge in [-0.05, 0) is 35.5 Å². The van der Waals surface area contributed by atoms with Gasteiger partial charge in [0, 0.05) is 24.1 Å². The van der Waals surface area contributed by atoms with E-state index in [2.05, 4.69) is 4.99 Å². The molecule has 0 aliphatic carbocycles. The molecule has 3 nitrogen and oxygen atoms in total. The molecule has 6 heteroatoms. The summed E-state index contributed by atoms with van der Waals surface area (Å²) in [5, 5.41) is 1.77. The van der Waals surface area contributed by atoms with Crippen LogP contribution >= 0.6 is 35.0 Å². The van der Waals surface area contributed by atoms with E-state index in [9.17, 15) is 4.79 Å². The number of likely N-dealkylation sites (N-methyl/N-ethyl adjacent to an activating group) is 1. The van der Waals surface area contributed by atoms with Gasteiger partial charge in [0.15, 0.2) is 5.17 Å². The molecule has 0 spiro atoms. The van der Waals surface area contributed by atoms with Gasteiger partial charge in [0.2, 0.25) is 0 Å². The van der Waals surface area contributed by atoms with E-state index in [1.165, 1.54) is 16.7 Å². The monoisotopic (exact) mass is 300 g/mol. The van der Waals surface area contributed by atoms with Crippen LogP contribution in [-0.4, -0.2) is 30.1 Å². The minimum atomic E-state index is -0.0772. The summed E-state index contributed by atoms with van der Waals surface area (Å²) in [6, 6.07) is 5.17.